The molecule has 1 aliphatic carbocycles. The maximum atomic E-state index is 12.3. The first-order valence-electron chi connectivity index (χ1n) is 8.01. The lowest BCUT2D eigenvalue weighted by atomic mass is 10.2. The lowest BCUT2D eigenvalue weighted by molar-refractivity contribution is 0.750. The molecule has 0 saturated heterocycles. The number of nitrogens with zero attached hydrogens (tertiary/aromatic N) is 3. The second-order valence-electron chi connectivity index (χ2n) is 5.95. The van der Waals surface area contributed by atoms with Gasteiger partial charge in [-0.25, -0.2) is 9.97 Å². The Morgan fingerprint density at radius 2 is 1.91 bits per heavy atom. The molecule has 0 aliphatic heterocycles. The van der Waals surface area contributed by atoms with E-state index in [2.05, 4.69) is 15.3 Å². The van der Waals surface area contributed by atoms with Crippen LogP contribution in [0.1, 0.15) is 25.7 Å². The van der Waals surface area contributed by atoms with E-state index in [0.29, 0.717) is 11.7 Å². The van der Waals surface area contributed by atoms with E-state index >= 15 is 0 Å². The van der Waals surface area contributed by atoms with E-state index in [-0.39, 0.29) is 5.56 Å². The van der Waals surface area contributed by atoms with Crippen LogP contribution in [0, 0.1) is 0 Å². The summed E-state index contributed by atoms with van der Waals surface area (Å²) >= 11 is 0. The summed E-state index contributed by atoms with van der Waals surface area (Å²) in [5.74, 6) is 0.863. The molecule has 0 aromatic carbocycles. The standard InChI is InChI=1S/C18H18N4O/c23-17-10-7-13-4-3-11-19-18(13)22(17)15-8-9-16(20-12-15)21-14-5-1-2-6-14/h3-4,7-12,14H,1-2,5-6H2,(H,20,21). The van der Waals surface area contributed by atoms with Crippen LogP contribution in [0.3, 0.4) is 0 Å². The minimum Gasteiger partial charge on any atom is -0.367 e. The Labute approximate surface area is 134 Å². The van der Waals surface area contributed by atoms with E-state index in [4.69, 9.17) is 0 Å². The summed E-state index contributed by atoms with van der Waals surface area (Å²) in [6.07, 6.45) is 8.40. The summed E-state index contributed by atoms with van der Waals surface area (Å²) < 4.78 is 1.60. The van der Waals surface area contributed by atoms with Gasteiger partial charge in [0.1, 0.15) is 11.5 Å². The molecule has 1 saturated carbocycles. The smallest absolute Gasteiger partial charge is 0.256 e. The third-order valence-electron chi connectivity index (χ3n) is 4.37. The van der Waals surface area contributed by atoms with Crippen molar-refractivity contribution in [3.63, 3.8) is 0 Å². The van der Waals surface area contributed by atoms with Crippen LogP contribution in [0.2, 0.25) is 0 Å². The van der Waals surface area contributed by atoms with E-state index in [1.165, 1.54) is 25.7 Å². The quantitative estimate of drug-likeness (QED) is 0.807. The van der Waals surface area contributed by atoms with Crippen molar-refractivity contribution in [3.05, 3.63) is 59.1 Å². The molecule has 0 amide bonds. The molecule has 3 aromatic rings. The zero-order chi connectivity index (χ0) is 15.6. The van der Waals surface area contributed by atoms with Crippen LogP contribution >= 0.6 is 0 Å². The van der Waals surface area contributed by atoms with Gasteiger partial charge < -0.3 is 5.32 Å². The first kappa shape index (κ1) is 13.9. The first-order valence-corrected chi connectivity index (χ1v) is 8.01. The molecule has 0 unspecified atom stereocenters. The van der Waals surface area contributed by atoms with Crippen molar-refractivity contribution in [2.75, 3.05) is 5.32 Å². The summed E-state index contributed by atoms with van der Waals surface area (Å²) in [5.41, 5.74) is 1.28. The van der Waals surface area contributed by atoms with Gasteiger partial charge in [-0.1, -0.05) is 12.8 Å². The summed E-state index contributed by atoms with van der Waals surface area (Å²) in [5, 5.41) is 4.39. The van der Waals surface area contributed by atoms with Gasteiger partial charge in [-0.3, -0.25) is 9.36 Å². The fourth-order valence-electron chi connectivity index (χ4n) is 3.20. The van der Waals surface area contributed by atoms with Crippen molar-refractivity contribution < 1.29 is 0 Å². The van der Waals surface area contributed by atoms with Gasteiger partial charge >= 0.3 is 0 Å². The molecule has 4 rings (SSSR count). The molecule has 3 heterocycles. The number of nitrogens with one attached hydrogen (secondary N) is 1. The Bertz CT molecular complexity index is 879. The molecule has 0 radical (unpaired) electrons. The molecule has 23 heavy (non-hydrogen) atoms. The third kappa shape index (κ3) is 2.70. The van der Waals surface area contributed by atoms with Gasteiger partial charge in [0, 0.05) is 23.7 Å². The second-order valence-corrected chi connectivity index (χ2v) is 5.95. The van der Waals surface area contributed by atoms with E-state index in [0.717, 1.165) is 16.9 Å². The molecule has 1 fully saturated rings. The van der Waals surface area contributed by atoms with Crippen molar-refractivity contribution in [2.45, 2.75) is 31.7 Å². The van der Waals surface area contributed by atoms with Crippen LogP contribution in [-0.2, 0) is 0 Å². The van der Waals surface area contributed by atoms with Crippen LogP contribution in [0.4, 0.5) is 5.82 Å². The van der Waals surface area contributed by atoms with Crippen molar-refractivity contribution in [2.24, 2.45) is 0 Å². The molecule has 0 spiro atoms. The summed E-state index contributed by atoms with van der Waals surface area (Å²) in [6.45, 7) is 0. The third-order valence-corrected chi connectivity index (χ3v) is 4.37. The highest BCUT2D eigenvalue weighted by molar-refractivity contribution is 5.76. The normalized spacial score (nSPS) is 15.1. The average molecular weight is 306 g/mol. The van der Waals surface area contributed by atoms with Crippen LogP contribution in [0.5, 0.6) is 0 Å². The lowest BCUT2D eigenvalue weighted by Crippen LogP contribution is -2.19. The highest BCUT2D eigenvalue weighted by Gasteiger charge is 2.15. The van der Waals surface area contributed by atoms with Crippen molar-refractivity contribution >= 4 is 16.9 Å². The molecule has 0 atom stereocenters. The van der Waals surface area contributed by atoms with E-state index in [9.17, 15) is 4.79 Å². The number of hydrogen-bond acceptors (Lipinski definition) is 4. The van der Waals surface area contributed by atoms with E-state index in [1.807, 2.05) is 24.3 Å². The lowest BCUT2D eigenvalue weighted by Gasteiger charge is -2.13. The highest BCUT2D eigenvalue weighted by Crippen LogP contribution is 2.22. The first-order chi connectivity index (χ1) is 11.3. The van der Waals surface area contributed by atoms with Gasteiger partial charge in [0.05, 0.1) is 11.9 Å². The Hall–Kier alpha value is -2.69. The number of pyridine rings is 3. The Balaban J connectivity index is 1.70. The molecule has 1 aliphatic rings. The zero-order valence-electron chi connectivity index (χ0n) is 12.8. The van der Waals surface area contributed by atoms with Gasteiger partial charge in [0.15, 0.2) is 0 Å². The molecular formula is C18H18N4O. The second kappa shape index (κ2) is 5.83. The largest absolute Gasteiger partial charge is 0.367 e. The summed E-state index contributed by atoms with van der Waals surface area (Å²) in [7, 11) is 0. The minimum absolute atomic E-state index is 0.102. The van der Waals surface area contributed by atoms with Gasteiger partial charge in [-0.05, 0) is 43.2 Å². The van der Waals surface area contributed by atoms with Gasteiger partial charge in [0.25, 0.3) is 5.56 Å². The van der Waals surface area contributed by atoms with Crippen LogP contribution < -0.4 is 10.9 Å². The fourth-order valence-corrected chi connectivity index (χ4v) is 3.20. The Kier molecular flexibility index (Phi) is 3.54. The Morgan fingerprint density at radius 3 is 2.70 bits per heavy atom. The monoisotopic (exact) mass is 306 g/mol. The SMILES string of the molecule is O=c1ccc2cccnc2n1-c1ccc(NC2CCCC2)nc1. The molecular weight excluding hydrogens is 288 g/mol. The molecule has 5 heteroatoms. The molecule has 3 aromatic heterocycles. The highest BCUT2D eigenvalue weighted by atomic mass is 16.1. The van der Waals surface area contributed by atoms with Crippen LogP contribution in [-0.4, -0.2) is 20.6 Å². The van der Waals surface area contributed by atoms with Crippen molar-refractivity contribution in [1.82, 2.24) is 14.5 Å². The van der Waals surface area contributed by atoms with Crippen molar-refractivity contribution in [1.29, 1.82) is 0 Å². The zero-order valence-corrected chi connectivity index (χ0v) is 12.8. The maximum absolute atomic E-state index is 12.3. The minimum atomic E-state index is -0.102. The van der Waals surface area contributed by atoms with Crippen LogP contribution in [0.15, 0.2) is 53.6 Å². The average Bonchev–Trinajstić information content (AvgIpc) is 3.09. The van der Waals surface area contributed by atoms with Crippen molar-refractivity contribution in [3.8, 4) is 5.69 Å². The van der Waals surface area contributed by atoms with E-state index in [1.54, 1.807) is 29.1 Å². The number of fused-ring (bicyclic) bond motifs is 1. The number of aromatic nitrogens is 3. The molecule has 1 N–H and O–H groups in total. The van der Waals surface area contributed by atoms with Gasteiger partial charge in [0.2, 0.25) is 0 Å². The van der Waals surface area contributed by atoms with Gasteiger partial charge in [-0.15, -0.1) is 0 Å². The van der Waals surface area contributed by atoms with Gasteiger partial charge in [-0.2, -0.15) is 0 Å². The summed E-state index contributed by atoms with van der Waals surface area (Å²) in [6, 6.07) is 11.5. The maximum Gasteiger partial charge on any atom is 0.256 e. The summed E-state index contributed by atoms with van der Waals surface area (Å²) in [4.78, 5) is 21.1. The van der Waals surface area contributed by atoms with E-state index < -0.39 is 0 Å². The fraction of sp³-hybridized carbons (Fsp3) is 0.278. The number of anilines is 1. The predicted molar refractivity (Wildman–Crippen MR) is 91.0 cm³/mol. The number of hydrogen-bond donors (Lipinski definition) is 1. The molecule has 5 nitrogen and oxygen atoms in total. The predicted octanol–water partition coefficient (Wildman–Crippen LogP) is 3.14. The number of rotatable bonds is 3. The Morgan fingerprint density at radius 1 is 1.04 bits per heavy atom. The molecule has 116 valence electrons. The topological polar surface area (TPSA) is 59.8 Å². The molecule has 0 bridgehead atoms. The van der Waals surface area contributed by atoms with Crippen LogP contribution in [0.25, 0.3) is 16.7 Å².